The van der Waals surface area contributed by atoms with Crippen LogP contribution in [0.5, 0.6) is 5.75 Å². The number of nitrogens with two attached hydrogens (primary N) is 1. The van der Waals surface area contributed by atoms with Gasteiger partial charge in [-0.05, 0) is 48.7 Å². The molecule has 3 N–H and O–H groups in total. The number of nitrogens with one attached hydrogen (secondary N) is 1. The quantitative estimate of drug-likeness (QED) is 0.251. The number of benzene rings is 3. The minimum absolute atomic E-state index is 0.0708. The van der Waals surface area contributed by atoms with E-state index in [9.17, 15) is 24.0 Å². The fourth-order valence-electron chi connectivity index (χ4n) is 5.23. The number of imide groups is 1. The molecule has 1 aliphatic heterocycles. The molecule has 4 aromatic rings. The standard InChI is InChI=1S/C33H33N5O6/c1-3-5-17-36(27-28(34)37(33(43)35-29(27)39)19-21-11-7-6-8-12-21)32(42)25-18-22(15-16-26(25)44-4-2)20-38-30(40)23-13-9-10-14-24(23)31(38)41/h6-16,18H,3-5,17,19-20,34H2,1-2H3,(H,35,39,43). The first-order chi connectivity index (χ1) is 21.2. The normalized spacial score (nSPS) is 12.4. The van der Waals surface area contributed by atoms with E-state index in [0.29, 0.717) is 29.5 Å². The van der Waals surface area contributed by atoms with Crippen LogP contribution in [-0.4, -0.2) is 45.3 Å². The molecule has 2 heterocycles. The topological polar surface area (TPSA) is 148 Å². The molecule has 3 aromatic carbocycles. The first kappa shape index (κ1) is 30.0. The van der Waals surface area contributed by atoms with E-state index in [1.807, 2.05) is 37.3 Å². The second-order valence-electron chi connectivity index (χ2n) is 10.4. The van der Waals surface area contributed by atoms with E-state index in [0.717, 1.165) is 10.5 Å². The lowest BCUT2D eigenvalue weighted by Crippen LogP contribution is -2.42. The van der Waals surface area contributed by atoms with Gasteiger partial charge in [0.15, 0.2) is 5.69 Å². The van der Waals surface area contributed by atoms with Gasteiger partial charge in [-0.3, -0.25) is 33.6 Å². The Morgan fingerprint density at radius 2 is 1.52 bits per heavy atom. The predicted molar refractivity (Wildman–Crippen MR) is 166 cm³/mol. The first-order valence-electron chi connectivity index (χ1n) is 14.4. The van der Waals surface area contributed by atoms with Crippen LogP contribution in [0.4, 0.5) is 11.5 Å². The van der Waals surface area contributed by atoms with E-state index in [4.69, 9.17) is 10.5 Å². The number of carbonyl (C=O) groups excluding carboxylic acids is 3. The van der Waals surface area contributed by atoms with Crippen molar-refractivity contribution in [3.05, 3.63) is 121 Å². The molecule has 0 spiro atoms. The summed E-state index contributed by atoms with van der Waals surface area (Å²) in [6, 6.07) is 20.6. The van der Waals surface area contributed by atoms with E-state index >= 15 is 0 Å². The molecule has 0 bridgehead atoms. The maximum Gasteiger partial charge on any atom is 0.330 e. The van der Waals surface area contributed by atoms with Crippen LogP contribution in [0.3, 0.4) is 0 Å². The Bertz CT molecular complexity index is 1810. The third-order valence-electron chi connectivity index (χ3n) is 7.44. The summed E-state index contributed by atoms with van der Waals surface area (Å²) in [5.74, 6) is -1.30. The smallest absolute Gasteiger partial charge is 0.330 e. The van der Waals surface area contributed by atoms with Crippen LogP contribution in [0.15, 0.2) is 82.4 Å². The number of hydrogen-bond acceptors (Lipinski definition) is 7. The lowest BCUT2D eigenvalue weighted by molar-refractivity contribution is 0.0642. The Balaban J connectivity index is 1.55. The average Bonchev–Trinajstić information content (AvgIpc) is 3.26. The summed E-state index contributed by atoms with van der Waals surface area (Å²) in [7, 11) is 0. The van der Waals surface area contributed by atoms with Gasteiger partial charge in [0.05, 0.1) is 36.4 Å². The monoisotopic (exact) mass is 595 g/mol. The van der Waals surface area contributed by atoms with Crippen molar-refractivity contribution in [3.63, 3.8) is 0 Å². The number of ether oxygens (including phenoxy) is 1. The Hall–Kier alpha value is -5.45. The molecule has 44 heavy (non-hydrogen) atoms. The molecule has 0 atom stereocenters. The van der Waals surface area contributed by atoms with Crippen LogP contribution in [0, 0.1) is 0 Å². The maximum absolute atomic E-state index is 14.3. The molecule has 0 aliphatic carbocycles. The van der Waals surface area contributed by atoms with Gasteiger partial charge in [-0.15, -0.1) is 0 Å². The molecule has 3 amide bonds. The third kappa shape index (κ3) is 5.76. The number of anilines is 2. The SMILES string of the molecule is CCCCN(C(=O)c1cc(CN2C(=O)c3ccccc3C2=O)ccc1OCC)c1c(N)n(Cc2ccccc2)c(=O)[nH]c1=O. The van der Waals surface area contributed by atoms with Crippen molar-refractivity contribution in [1.82, 2.24) is 14.5 Å². The van der Waals surface area contributed by atoms with Gasteiger partial charge in [0, 0.05) is 6.54 Å². The van der Waals surface area contributed by atoms with Crippen LogP contribution in [0.25, 0.3) is 0 Å². The summed E-state index contributed by atoms with van der Waals surface area (Å²) in [5, 5.41) is 0. The molecular weight excluding hydrogens is 562 g/mol. The lowest BCUT2D eigenvalue weighted by Gasteiger charge is -2.26. The molecule has 0 saturated heterocycles. The van der Waals surface area contributed by atoms with Crippen LogP contribution in [0.1, 0.15) is 68.9 Å². The number of H-pyrrole nitrogens is 1. The van der Waals surface area contributed by atoms with Gasteiger partial charge < -0.3 is 15.4 Å². The molecule has 11 nitrogen and oxygen atoms in total. The molecule has 0 radical (unpaired) electrons. The van der Waals surface area contributed by atoms with E-state index in [1.165, 1.54) is 9.47 Å². The van der Waals surface area contributed by atoms with Crippen molar-refractivity contribution in [2.24, 2.45) is 0 Å². The highest BCUT2D eigenvalue weighted by atomic mass is 16.5. The molecular formula is C33H33N5O6. The van der Waals surface area contributed by atoms with Crippen molar-refractivity contribution in [2.75, 3.05) is 23.8 Å². The van der Waals surface area contributed by atoms with Crippen LogP contribution in [0.2, 0.25) is 0 Å². The summed E-state index contributed by atoms with van der Waals surface area (Å²) in [6.07, 6.45) is 1.25. The zero-order chi connectivity index (χ0) is 31.4. The van der Waals surface area contributed by atoms with Crippen LogP contribution in [-0.2, 0) is 13.1 Å². The van der Waals surface area contributed by atoms with Crippen LogP contribution < -0.4 is 26.6 Å². The summed E-state index contributed by atoms with van der Waals surface area (Å²) in [5.41, 5.74) is 6.90. The van der Waals surface area contributed by atoms with Gasteiger partial charge in [-0.2, -0.15) is 0 Å². The van der Waals surface area contributed by atoms with Gasteiger partial charge in [-0.1, -0.05) is 61.9 Å². The number of unbranched alkanes of at least 4 members (excludes halogenated alkanes) is 1. The Morgan fingerprint density at radius 3 is 2.16 bits per heavy atom. The molecule has 5 rings (SSSR count). The van der Waals surface area contributed by atoms with Crippen molar-refractivity contribution in [3.8, 4) is 5.75 Å². The number of fused-ring (bicyclic) bond motifs is 1. The third-order valence-corrected chi connectivity index (χ3v) is 7.44. The zero-order valence-electron chi connectivity index (χ0n) is 24.5. The predicted octanol–water partition coefficient (Wildman–Crippen LogP) is 3.81. The minimum Gasteiger partial charge on any atom is -0.493 e. The molecule has 226 valence electrons. The number of rotatable bonds is 11. The zero-order valence-corrected chi connectivity index (χ0v) is 24.5. The number of carbonyl (C=O) groups is 3. The Labute approximate surface area is 253 Å². The Kier molecular flexibility index (Phi) is 8.75. The van der Waals surface area contributed by atoms with Gasteiger partial charge in [-0.25, -0.2) is 4.79 Å². The number of aromatic nitrogens is 2. The molecule has 1 aliphatic rings. The maximum atomic E-state index is 14.3. The Morgan fingerprint density at radius 1 is 0.864 bits per heavy atom. The molecule has 0 fully saturated rings. The van der Waals surface area contributed by atoms with Crippen molar-refractivity contribution in [1.29, 1.82) is 0 Å². The minimum atomic E-state index is -0.790. The molecule has 11 heteroatoms. The second kappa shape index (κ2) is 12.8. The fourth-order valence-corrected chi connectivity index (χ4v) is 5.23. The highest BCUT2D eigenvalue weighted by Gasteiger charge is 2.35. The number of hydrogen-bond donors (Lipinski definition) is 2. The fraction of sp³-hybridized carbons (Fsp3) is 0.242. The molecule has 1 aromatic heterocycles. The van der Waals surface area contributed by atoms with E-state index in [-0.39, 0.29) is 49.1 Å². The van der Waals surface area contributed by atoms with Gasteiger partial charge in [0.25, 0.3) is 23.3 Å². The highest BCUT2D eigenvalue weighted by Crippen LogP contribution is 2.29. The first-order valence-corrected chi connectivity index (χ1v) is 14.4. The second-order valence-corrected chi connectivity index (χ2v) is 10.4. The summed E-state index contributed by atoms with van der Waals surface area (Å²) >= 11 is 0. The van der Waals surface area contributed by atoms with E-state index in [2.05, 4.69) is 4.98 Å². The number of nitrogens with zero attached hydrogens (tertiary/aromatic N) is 3. The molecule has 0 saturated carbocycles. The van der Waals surface area contributed by atoms with Crippen molar-refractivity contribution < 1.29 is 19.1 Å². The van der Waals surface area contributed by atoms with Gasteiger partial charge >= 0.3 is 5.69 Å². The largest absolute Gasteiger partial charge is 0.493 e. The number of nitrogen functional groups attached to an aromatic ring is 1. The van der Waals surface area contributed by atoms with Crippen molar-refractivity contribution in [2.45, 2.75) is 39.8 Å². The lowest BCUT2D eigenvalue weighted by atomic mass is 10.1. The molecule has 0 unspecified atom stereocenters. The summed E-state index contributed by atoms with van der Waals surface area (Å²) in [4.78, 5) is 71.1. The average molecular weight is 596 g/mol. The number of aromatic amines is 1. The summed E-state index contributed by atoms with van der Waals surface area (Å²) in [6.45, 7) is 4.14. The summed E-state index contributed by atoms with van der Waals surface area (Å²) < 4.78 is 7.00. The highest BCUT2D eigenvalue weighted by molar-refractivity contribution is 6.21. The van der Waals surface area contributed by atoms with Gasteiger partial charge in [0.1, 0.15) is 11.6 Å². The van der Waals surface area contributed by atoms with Crippen LogP contribution >= 0.6 is 0 Å². The van der Waals surface area contributed by atoms with Gasteiger partial charge in [0.2, 0.25) is 0 Å². The van der Waals surface area contributed by atoms with E-state index in [1.54, 1.807) is 49.4 Å². The number of amides is 3. The van der Waals surface area contributed by atoms with E-state index < -0.39 is 29.0 Å². The van der Waals surface area contributed by atoms with Crippen molar-refractivity contribution >= 4 is 29.2 Å².